The first-order valence-electron chi connectivity index (χ1n) is 24.6. The summed E-state index contributed by atoms with van der Waals surface area (Å²) in [6, 6.07) is 29.3. The van der Waals surface area contributed by atoms with Crippen LogP contribution in [0.3, 0.4) is 0 Å². The molecule has 82 heavy (non-hydrogen) atoms. The van der Waals surface area contributed by atoms with Crippen LogP contribution in [0.4, 0.5) is 56.0 Å². The maximum Gasteiger partial charge on any atom is 0.294 e. The Hall–Kier alpha value is -8.17. The molecule has 24 nitrogen and oxygen atoms in total. The van der Waals surface area contributed by atoms with E-state index in [0.717, 1.165) is 46.2 Å². The van der Waals surface area contributed by atoms with Crippen LogP contribution in [0.15, 0.2) is 137 Å². The summed E-state index contributed by atoms with van der Waals surface area (Å²) in [7, 11) is -13.7. The van der Waals surface area contributed by atoms with Gasteiger partial charge in [-0.3, -0.25) is 13.7 Å². The van der Waals surface area contributed by atoms with E-state index < -0.39 is 30.4 Å². The summed E-state index contributed by atoms with van der Waals surface area (Å²) in [6.45, 7) is 13.6. The van der Waals surface area contributed by atoms with Gasteiger partial charge in [-0.05, 0) is 142 Å². The van der Waals surface area contributed by atoms with Crippen LogP contribution >= 0.6 is 34.8 Å². The number of hydrogen-bond acceptors (Lipinski definition) is 24. The van der Waals surface area contributed by atoms with Gasteiger partial charge in [0.1, 0.15) is 46.0 Å². The van der Waals surface area contributed by atoms with Gasteiger partial charge in [0.25, 0.3) is 30.4 Å². The second-order valence-corrected chi connectivity index (χ2v) is 24.3. The Labute approximate surface area is 485 Å². The summed E-state index contributed by atoms with van der Waals surface area (Å²) in [5.74, 6) is 0.132. The van der Waals surface area contributed by atoms with Gasteiger partial charge in [-0.1, -0.05) is 48.2 Å². The topological polar surface area (TPSA) is 355 Å². The van der Waals surface area contributed by atoms with Crippen LogP contribution in [0.1, 0.15) is 55.5 Å². The molecular formula is C52H49N15O9S6. The van der Waals surface area contributed by atoms with Crippen LogP contribution in [-0.4, -0.2) is 88.8 Å². The maximum atomic E-state index is 12.2. The van der Waals surface area contributed by atoms with E-state index in [0.29, 0.717) is 54.2 Å². The minimum absolute atomic E-state index is 0.00109. The first-order valence-corrected chi connectivity index (χ1v) is 31.5. The molecule has 0 saturated carbocycles. The van der Waals surface area contributed by atoms with E-state index in [1.54, 1.807) is 30.3 Å². The quantitative estimate of drug-likeness (QED) is 0.0239. The molecule has 0 unspecified atom stereocenters. The van der Waals surface area contributed by atoms with Crippen LogP contribution in [-0.2, 0) is 36.1 Å². The Bertz CT molecular complexity index is 4020. The molecule has 5 N–H and O–H groups in total. The number of rotatable bonds is 22. The van der Waals surface area contributed by atoms with Crippen LogP contribution in [0.25, 0.3) is 22.5 Å². The normalized spacial score (nSPS) is 11.9. The maximum absolute atomic E-state index is 12.2. The number of benzene rings is 5. The van der Waals surface area contributed by atoms with Crippen LogP contribution < -0.4 is 20.4 Å². The molecule has 0 fully saturated rings. The smallest absolute Gasteiger partial charge is 0.294 e. The lowest BCUT2D eigenvalue weighted by Crippen LogP contribution is -2.21. The minimum Gasteiger partial charge on any atom is -0.372 e. The van der Waals surface area contributed by atoms with Gasteiger partial charge in [0.15, 0.2) is 15.2 Å². The van der Waals surface area contributed by atoms with Gasteiger partial charge in [-0.25, -0.2) is 0 Å². The second kappa shape index (κ2) is 25.3. The number of aryl methyl sites for hydroxylation is 2. The number of anilines is 6. The van der Waals surface area contributed by atoms with Gasteiger partial charge in [-0.15, -0.1) is 20.5 Å². The summed E-state index contributed by atoms with van der Waals surface area (Å²) in [5.41, 5.74) is 4.74. The number of nitriles is 2. The van der Waals surface area contributed by atoms with Crippen molar-refractivity contribution < 1.29 is 38.9 Å². The van der Waals surface area contributed by atoms with Gasteiger partial charge in [0.2, 0.25) is 11.9 Å². The first-order chi connectivity index (χ1) is 39.0. The molecule has 0 amide bonds. The SMILES string of the molecule is CCN(CC)c1ccc(/N=N/c2snc(-c3ccc(C)c(S(=O)(=O)O)c3)c2C#N)c(Nc2nc(Nc3cc(N(CC)CC)ccc3/N=N/c3snc(-c4ccc(C)c(S(=O)(=O)O)c4)c3C#N)nc(SCc3cccc(S(=O)(=O)O)c3)n2)c1. The highest BCUT2D eigenvalue weighted by Crippen LogP contribution is 2.41. The van der Waals surface area contributed by atoms with E-state index in [2.05, 4.69) is 61.8 Å². The second-order valence-electron chi connectivity index (χ2n) is 17.6. The zero-order valence-electron chi connectivity index (χ0n) is 44.3. The molecule has 422 valence electrons. The van der Waals surface area contributed by atoms with Gasteiger partial charge in [0, 0.05) is 54.4 Å². The van der Waals surface area contributed by atoms with Gasteiger partial charge < -0.3 is 20.4 Å². The highest BCUT2D eigenvalue weighted by Gasteiger charge is 2.23. The fourth-order valence-corrected chi connectivity index (χ4v) is 12.5. The number of nitrogens with one attached hydrogen (secondary N) is 2. The molecule has 0 aliphatic heterocycles. The van der Waals surface area contributed by atoms with Crippen molar-refractivity contribution in [3.63, 3.8) is 0 Å². The minimum atomic E-state index is -4.59. The Kier molecular flexibility index (Phi) is 18.5. The molecule has 5 aromatic carbocycles. The van der Waals surface area contributed by atoms with E-state index in [9.17, 15) is 49.4 Å². The Morgan fingerprint density at radius 3 is 1.43 bits per heavy atom. The van der Waals surface area contributed by atoms with Crippen molar-refractivity contribution in [1.82, 2.24) is 23.7 Å². The third kappa shape index (κ3) is 13.9. The summed E-state index contributed by atoms with van der Waals surface area (Å²) < 4.78 is 111. The molecule has 0 aliphatic carbocycles. The molecule has 0 radical (unpaired) electrons. The van der Waals surface area contributed by atoms with Gasteiger partial charge in [-0.2, -0.15) is 59.5 Å². The molecular weight excluding hydrogens is 1170 g/mol. The summed E-state index contributed by atoms with van der Waals surface area (Å²) >= 11 is 2.84. The van der Waals surface area contributed by atoms with Crippen LogP contribution in [0.2, 0.25) is 0 Å². The third-order valence-corrected chi connectivity index (χ3v) is 17.7. The van der Waals surface area contributed by atoms with Crippen LogP contribution in [0.5, 0.6) is 0 Å². The molecule has 8 rings (SSSR count). The summed E-state index contributed by atoms with van der Waals surface area (Å²) in [6.07, 6.45) is 0. The van der Waals surface area contributed by atoms with Crippen LogP contribution in [0, 0.1) is 36.5 Å². The van der Waals surface area contributed by atoms with Crippen molar-refractivity contribution in [3.8, 4) is 34.7 Å². The zero-order valence-corrected chi connectivity index (χ0v) is 49.2. The number of nitrogens with zero attached hydrogens (tertiary/aromatic N) is 13. The Morgan fingerprint density at radius 2 is 1.02 bits per heavy atom. The van der Waals surface area contributed by atoms with Crippen molar-refractivity contribution in [3.05, 3.63) is 125 Å². The van der Waals surface area contributed by atoms with Crippen molar-refractivity contribution >= 4 is 121 Å². The third-order valence-electron chi connectivity index (χ3n) is 12.4. The first kappa shape index (κ1) is 59.9. The summed E-state index contributed by atoms with van der Waals surface area (Å²) in [5, 5.41) is 45.6. The van der Waals surface area contributed by atoms with E-state index in [4.69, 9.17) is 15.0 Å². The highest BCUT2D eigenvalue weighted by atomic mass is 32.2. The predicted octanol–water partition coefficient (Wildman–Crippen LogP) is 12.5. The lowest BCUT2D eigenvalue weighted by Gasteiger charge is -2.22. The molecule has 0 spiro atoms. The van der Waals surface area contributed by atoms with Gasteiger partial charge >= 0.3 is 0 Å². The predicted molar refractivity (Wildman–Crippen MR) is 314 cm³/mol. The van der Waals surface area contributed by atoms with Gasteiger partial charge in [0.05, 0.1) is 26.1 Å². The fourth-order valence-electron chi connectivity index (χ4n) is 8.26. The average molecular weight is 1220 g/mol. The standard InChI is InChI=1S/C52H49N15O9S6/c1-7-66(8-2)35-18-20-40(60-62-48-38(27-53)46(64-78-48)33-16-14-30(5)44(23-33)81(71,72)73)42(25-35)55-50-57-51(59-52(58-50)77-29-32-12-11-13-37(22-32)80(68,69)70)56-43-26-36(67(9-3)10-4)19-21-41(43)61-63-49-39(28-54)47(65-79-49)34-17-15-31(6)45(24-34)82(74,75)76/h11-26H,7-10,29H2,1-6H3,(H,68,69,70)(H,71,72,73)(H,74,75,76)(H2,55,56,57,58,59)/b62-60+,63-61+. The number of thioether (sulfide) groups is 1. The number of aromatic nitrogens is 5. The lowest BCUT2D eigenvalue weighted by molar-refractivity contribution is 0.480. The average Bonchev–Trinajstić information content (AvgIpc) is 4.16. The molecule has 0 bridgehead atoms. The van der Waals surface area contributed by atoms with E-state index in [1.807, 2.05) is 52.0 Å². The molecule has 0 atom stereocenters. The number of hydrogen-bond donors (Lipinski definition) is 5. The van der Waals surface area contributed by atoms with E-state index in [1.165, 1.54) is 56.3 Å². The molecule has 8 aromatic rings. The zero-order chi connectivity index (χ0) is 59.1. The van der Waals surface area contributed by atoms with E-state index in [-0.39, 0.29) is 92.5 Å². The van der Waals surface area contributed by atoms with Crippen molar-refractivity contribution in [1.29, 1.82) is 10.5 Å². The van der Waals surface area contributed by atoms with Crippen molar-refractivity contribution in [2.24, 2.45) is 20.5 Å². The Morgan fingerprint density at radius 1 is 0.573 bits per heavy atom. The van der Waals surface area contributed by atoms with Crippen molar-refractivity contribution in [2.75, 3.05) is 46.6 Å². The lowest BCUT2D eigenvalue weighted by atomic mass is 10.1. The largest absolute Gasteiger partial charge is 0.372 e. The molecule has 30 heteroatoms. The monoisotopic (exact) mass is 1220 g/mol. The Balaban J connectivity index is 1.21. The number of azo groups is 2. The molecule has 0 saturated heterocycles. The van der Waals surface area contributed by atoms with E-state index >= 15 is 0 Å². The molecule has 3 aromatic heterocycles. The van der Waals surface area contributed by atoms with Crippen molar-refractivity contribution in [2.45, 2.75) is 67.1 Å². The fraction of sp³-hybridized carbons (Fsp3) is 0.212. The summed E-state index contributed by atoms with van der Waals surface area (Å²) in [4.78, 5) is 17.5. The highest BCUT2D eigenvalue weighted by molar-refractivity contribution is 7.98. The molecule has 0 aliphatic rings. The molecule has 3 heterocycles.